The van der Waals surface area contributed by atoms with Crippen LogP contribution in [0.4, 0.5) is 5.69 Å². The lowest BCUT2D eigenvalue weighted by Crippen LogP contribution is -2.29. The summed E-state index contributed by atoms with van der Waals surface area (Å²) in [7, 11) is 0. The van der Waals surface area contributed by atoms with E-state index in [9.17, 15) is 5.11 Å². The van der Waals surface area contributed by atoms with Gasteiger partial charge in [-0.25, -0.2) is 0 Å². The van der Waals surface area contributed by atoms with Crippen LogP contribution in [0.15, 0.2) is 79.0 Å². The predicted molar refractivity (Wildman–Crippen MR) is 147 cm³/mol. The van der Waals surface area contributed by atoms with Gasteiger partial charge >= 0.3 is 0 Å². The second-order valence-electron chi connectivity index (χ2n) is 9.34. The summed E-state index contributed by atoms with van der Waals surface area (Å²) in [5, 5.41) is 14.0. The number of aromatic nitrogens is 2. The minimum Gasteiger partial charge on any atom is -0.508 e. The summed E-state index contributed by atoms with van der Waals surface area (Å²) in [6.45, 7) is 8.27. The van der Waals surface area contributed by atoms with Gasteiger partial charge in [-0.05, 0) is 112 Å². The third-order valence-corrected chi connectivity index (χ3v) is 6.80. The van der Waals surface area contributed by atoms with Crippen molar-refractivity contribution in [2.45, 2.75) is 45.9 Å². The molecule has 36 heavy (non-hydrogen) atoms. The lowest BCUT2D eigenvalue weighted by Gasteiger charge is -2.28. The molecule has 2 N–H and O–H groups in total. The highest BCUT2D eigenvalue weighted by Gasteiger charge is 2.42. The van der Waals surface area contributed by atoms with Gasteiger partial charge < -0.3 is 24.6 Å². The summed E-state index contributed by atoms with van der Waals surface area (Å²) in [6.07, 6.45) is 1.93. The van der Waals surface area contributed by atoms with Crippen LogP contribution < -0.4 is 15.0 Å². The van der Waals surface area contributed by atoms with E-state index in [-0.39, 0.29) is 23.9 Å². The largest absolute Gasteiger partial charge is 0.508 e. The normalized spacial score (nSPS) is 17.5. The number of nitrogens with one attached hydrogen (secondary N) is 1. The number of aromatic hydroxyl groups is 1. The Hall–Kier alpha value is -3.84. The highest BCUT2D eigenvalue weighted by molar-refractivity contribution is 7.80. The Kier molecular flexibility index (Phi) is 6.41. The zero-order valence-corrected chi connectivity index (χ0v) is 21.7. The van der Waals surface area contributed by atoms with Crippen molar-refractivity contribution in [3.8, 4) is 17.2 Å². The molecule has 0 radical (unpaired) electrons. The van der Waals surface area contributed by atoms with Crippen molar-refractivity contribution < 1.29 is 9.84 Å². The van der Waals surface area contributed by atoms with E-state index in [0.717, 1.165) is 39.8 Å². The summed E-state index contributed by atoms with van der Waals surface area (Å²) < 4.78 is 8.07. The molecule has 6 nitrogen and oxygen atoms in total. The fourth-order valence-electron chi connectivity index (χ4n) is 4.99. The van der Waals surface area contributed by atoms with Gasteiger partial charge in [-0.2, -0.15) is 0 Å². The predicted octanol–water partition coefficient (Wildman–Crippen LogP) is 6.16. The smallest absolute Gasteiger partial charge is 0.174 e. The molecule has 2 aromatic carbocycles. The number of phenolic OH excluding ortho intramolecular Hbond substituents is 1. The van der Waals surface area contributed by atoms with Crippen molar-refractivity contribution in [2.75, 3.05) is 4.90 Å². The first kappa shape index (κ1) is 23.9. The maximum Gasteiger partial charge on any atom is 0.174 e. The lowest BCUT2D eigenvalue weighted by atomic mass is 9.96. The number of rotatable bonds is 6. The van der Waals surface area contributed by atoms with Crippen LogP contribution in [0.2, 0.25) is 0 Å². The van der Waals surface area contributed by atoms with E-state index in [0.29, 0.717) is 5.11 Å². The zero-order chi connectivity index (χ0) is 25.4. The molecule has 0 saturated carbocycles. The molecular formula is C29H30N4O2S. The van der Waals surface area contributed by atoms with E-state index in [1.807, 2.05) is 62.5 Å². The van der Waals surface area contributed by atoms with E-state index >= 15 is 0 Å². The summed E-state index contributed by atoms with van der Waals surface area (Å²) in [4.78, 5) is 6.85. The third kappa shape index (κ3) is 4.42. The Bertz CT molecular complexity index is 1370. The van der Waals surface area contributed by atoms with Gasteiger partial charge in [0, 0.05) is 29.0 Å². The molecule has 1 aliphatic heterocycles. The molecule has 0 bridgehead atoms. The number of benzene rings is 2. The maximum atomic E-state index is 9.78. The minimum atomic E-state index is -0.126. The molecule has 0 amide bonds. The van der Waals surface area contributed by atoms with Crippen LogP contribution in [-0.4, -0.2) is 25.9 Å². The van der Waals surface area contributed by atoms with Crippen molar-refractivity contribution in [3.63, 3.8) is 0 Å². The molecular weight excluding hydrogens is 468 g/mol. The SMILES string of the molecule is Cc1cc([C@H]2[C@@H](c3ccccn3)NC(=S)N2c2ccc(OC(C)C)cc2)c(C)n1-c1ccc(O)cc1. The molecule has 0 aliphatic carbocycles. The van der Waals surface area contributed by atoms with Crippen molar-refractivity contribution in [1.29, 1.82) is 0 Å². The van der Waals surface area contributed by atoms with Gasteiger partial charge in [-0.3, -0.25) is 4.98 Å². The molecule has 5 rings (SSSR count). The second kappa shape index (κ2) is 9.66. The Morgan fingerprint density at radius 2 is 1.67 bits per heavy atom. The Labute approximate surface area is 217 Å². The monoisotopic (exact) mass is 498 g/mol. The highest BCUT2D eigenvalue weighted by Crippen LogP contribution is 2.44. The number of ether oxygens (including phenoxy) is 1. The molecule has 0 spiro atoms. The lowest BCUT2D eigenvalue weighted by molar-refractivity contribution is 0.242. The Morgan fingerprint density at radius 3 is 2.31 bits per heavy atom. The number of nitrogens with zero attached hydrogens (tertiary/aromatic N) is 3. The van der Waals surface area contributed by atoms with E-state index in [2.05, 4.69) is 51.8 Å². The van der Waals surface area contributed by atoms with Crippen molar-refractivity contribution in [3.05, 3.63) is 102 Å². The molecule has 0 unspecified atom stereocenters. The van der Waals surface area contributed by atoms with Crippen LogP contribution in [0.25, 0.3) is 5.69 Å². The summed E-state index contributed by atoms with van der Waals surface area (Å²) in [5.74, 6) is 1.08. The highest BCUT2D eigenvalue weighted by atomic mass is 32.1. The van der Waals surface area contributed by atoms with Crippen molar-refractivity contribution in [1.82, 2.24) is 14.9 Å². The second-order valence-corrected chi connectivity index (χ2v) is 9.72. The van der Waals surface area contributed by atoms with E-state index < -0.39 is 0 Å². The number of anilines is 1. The van der Waals surface area contributed by atoms with Gasteiger partial charge in [0.15, 0.2) is 5.11 Å². The van der Waals surface area contributed by atoms with Crippen LogP contribution in [0, 0.1) is 13.8 Å². The molecule has 1 saturated heterocycles. The molecule has 2 aromatic heterocycles. The number of hydrogen-bond acceptors (Lipinski definition) is 4. The van der Waals surface area contributed by atoms with E-state index in [4.69, 9.17) is 17.0 Å². The standard InChI is InChI=1S/C29H30N4O2S/c1-18(2)35-24-14-10-22(11-15-24)33-28(27(31-29(33)36)26-7-5-6-16-30-26)25-17-19(3)32(20(25)4)21-8-12-23(34)13-9-21/h5-18,27-28,34H,1-4H3,(H,31,36)/t27-,28+/m1/s1. The summed E-state index contributed by atoms with van der Waals surface area (Å²) in [5.41, 5.74) is 6.29. The molecule has 7 heteroatoms. The molecule has 184 valence electrons. The van der Waals surface area contributed by atoms with Crippen LogP contribution >= 0.6 is 12.2 Å². The first-order valence-electron chi connectivity index (χ1n) is 12.1. The molecule has 3 heterocycles. The zero-order valence-electron chi connectivity index (χ0n) is 20.8. The van der Waals surface area contributed by atoms with Gasteiger partial charge in [0.25, 0.3) is 0 Å². The molecule has 4 aromatic rings. The van der Waals surface area contributed by atoms with Crippen LogP contribution in [0.5, 0.6) is 11.5 Å². The van der Waals surface area contributed by atoms with Crippen molar-refractivity contribution >= 4 is 23.0 Å². The molecule has 2 atom stereocenters. The number of hydrogen-bond donors (Lipinski definition) is 2. The Balaban J connectivity index is 1.62. The average molecular weight is 499 g/mol. The Morgan fingerprint density at radius 1 is 0.972 bits per heavy atom. The summed E-state index contributed by atoms with van der Waals surface area (Å²) in [6, 6.07) is 23.3. The van der Waals surface area contributed by atoms with Crippen LogP contribution in [0.1, 0.15) is 48.6 Å². The fraction of sp³-hybridized carbons (Fsp3) is 0.241. The first-order valence-corrected chi connectivity index (χ1v) is 12.5. The summed E-state index contributed by atoms with van der Waals surface area (Å²) >= 11 is 5.89. The van der Waals surface area contributed by atoms with Gasteiger partial charge in [0.05, 0.1) is 23.9 Å². The number of thiocarbonyl (C=S) groups is 1. The van der Waals surface area contributed by atoms with Gasteiger partial charge in [0.2, 0.25) is 0 Å². The third-order valence-electron chi connectivity index (χ3n) is 6.48. The fourth-order valence-corrected chi connectivity index (χ4v) is 5.34. The first-order chi connectivity index (χ1) is 17.3. The van der Waals surface area contributed by atoms with Gasteiger partial charge in [-0.15, -0.1) is 0 Å². The molecule has 1 aliphatic rings. The minimum absolute atomic E-state index is 0.108. The van der Waals surface area contributed by atoms with Crippen molar-refractivity contribution in [2.24, 2.45) is 0 Å². The van der Waals surface area contributed by atoms with Crippen LogP contribution in [-0.2, 0) is 0 Å². The van der Waals surface area contributed by atoms with E-state index in [1.54, 1.807) is 12.1 Å². The average Bonchev–Trinajstić information content (AvgIpc) is 3.35. The van der Waals surface area contributed by atoms with Gasteiger partial charge in [-0.1, -0.05) is 6.07 Å². The van der Waals surface area contributed by atoms with Gasteiger partial charge in [0.1, 0.15) is 11.5 Å². The number of pyridine rings is 1. The maximum absolute atomic E-state index is 9.78. The number of phenols is 1. The quantitative estimate of drug-likeness (QED) is 0.311. The number of aryl methyl sites for hydroxylation is 1. The van der Waals surface area contributed by atoms with Crippen LogP contribution in [0.3, 0.4) is 0 Å². The van der Waals surface area contributed by atoms with E-state index in [1.165, 1.54) is 0 Å². The molecule has 1 fully saturated rings. The topological polar surface area (TPSA) is 62.5 Å².